The van der Waals surface area contributed by atoms with Gasteiger partial charge in [0.15, 0.2) is 23.0 Å². The molecule has 0 saturated heterocycles. The fraction of sp³-hybridized carbons (Fsp3) is 0.278. The number of carboxylic acid groups (broad SMARTS) is 2. The molecule has 8 aromatic rings. The maximum absolute atomic E-state index is 11.6. The van der Waals surface area contributed by atoms with E-state index in [1.165, 1.54) is 12.5 Å². The maximum Gasteiger partial charge on any atom is 0.325 e. The second kappa shape index (κ2) is 35.3. The average Bonchev–Trinajstić information content (AvgIpc) is 1.01. The second-order valence-electron chi connectivity index (χ2n) is 24.7. The molecular weight excluding hydrogens is 1470 g/mol. The molecule has 0 saturated carbocycles. The van der Waals surface area contributed by atoms with Crippen molar-refractivity contribution in [3.63, 3.8) is 0 Å². The van der Waals surface area contributed by atoms with Crippen molar-refractivity contribution >= 4 is 99.3 Å². The zero-order valence-corrected chi connectivity index (χ0v) is 60.5. The summed E-state index contributed by atoms with van der Waals surface area (Å²) in [6, 6.07) is 41.8. The number of rotatable bonds is 16. The van der Waals surface area contributed by atoms with Gasteiger partial charge in [0.25, 0.3) is 0 Å². The number of carbonyl (C=O) groups excluding carboxylic acids is 3. The molecular formula is C79H78Br3NO17. The lowest BCUT2D eigenvalue weighted by Crippen LogP contribution is -2.48. The van der Waals surface area contributed by atoms with Crippen molar-refractivity contribution in [1.29, 1.82) is 0 Å². The number of nitrogens with two attached hydrogens (primary N) is 1. The lowest BCUT2D eigenvalue weighted by Gasteiger charge is -2.22. The van der Waals surface area contributed by atoms with Gasteiger partial charge in [0.05, 0.1) is 49.5 Å². The van der Waals surface area contributed by atoms with E-state index in [-0.39, 0.29) is 6.61 Å². The molecule has 14 rings (SSSR count). The van der Waals surface area contributed by atoms with Crippen LogP contribution in [-0.2, 0) is 41.7 Å². The summed E-state index contributed by atoms with van der Waals surface area (Å²) < 4.78 is 46.1. The topological polar surface area (TPSA) is 266 Å². The minimum absolute atomic E-state index is 0.359. The highest BCUT2D eigenvalue weighted by Crippen LogP contribution is 2.41. The van der Waals surface area contributed by atoms with E-state index in [0.717, 1.165) is 192 Å². The van der Waals surface area contributed by atoms with Crippen LogP contribution in [0.2, 0.25) is 0 Å². The Kier molecular flexibility index (Phi) is 26.5. The summed E-state index contributed by atoms with van der Waals surface area (Å²) in [5.74, 6) is 4.56. The molecule has 2 atom stereocenters. The first kappa shape index (κ1) is 75.1. The van der Waals surface area contributed by atoms with Crippen molar-refractivity contribution in [2.45, 2.75) is 71.8 Å². The monoisotopic (exact) mass is 1550 g/mol. The molecule has 0 bridgehead atoms. The third-order valence-electron chi connectivity index (χ3n) is 17.6. The van der Waals surface area contributed by atoms with Crippen LogP contribution in [-0.4, -0.2) is 123 Å². The standard InChI is InChI=1S/C31H32O6.C26H22O4.C9H7BrO2.C9H8O2.C4H9NO3.Br2/c1-20-22(4-3-5-26(20)23-8-9-27-28(18-23)36-15-14-35-27)6-7-24-16-21(17-25-11-13-37-29(24)25)10-12-31(2,19-32)30(33)34;1-17-19(5-6-21-13-18(16-27)14-22-9-10-30-26(21)22)3-2-4-23(17)20-7-8-24-25(15-20)29-12-11-28-24;10-8-4-6(5-11)3-7-1-2-12-9(7)8;10-6-7-1-2-9-8(5-7)3-4-11-9;1-4(5,2-6)3(7)8;1-2/h3-9,16-18,32H,10-15,19H2,1-2H3,(H,33,34);2-8,13-16H,9-12H2,1H3;3-5H,1-2H2;1-2,5-6H,3-4H2;6H,2,5H2,1H3,(H,7,8);/b7-6+;6-5+;;;;. The van der Waals surface area contributed by atoms with Gasteiger partial charge in [0.2, 0.25) is 0 Å². The number of halogens is 3. The lowest BCUT2D eigenvalue weighted by molar-refractivity contribution is -0.150. The minimum atomic E-state index is -1.49. The van der Waals surface area contributed by atoms with Crippen LogP contribution in [0.15, 0.2) is 132 Å². The maximum atomic E-state index is 11.6. The number of aliphatic hydroxyl groups is 2. The lowest BCUT2D eigenvalue weighted by atomic mass is 9.84. The number of fused-ring (bicyclic) bond motifs is 6. The SMILES string of the molecule is BrBr.CC(N)(CO)C(=O)O.Cc1c(/C=C/c2cc(C=O)cc3c2OCC3)cccc1-c1ccc2c(c1)OCCO2.Cc1c(/C=C/c2cc(CCC(C)(CO)C(=O)O)cc3c2OCC3)cccc1-c1ccc2c(c1)OCCO2.O=Cc1cc(Br)c2c(c1)CCO2.O=Cc1ccc2c(c1)CCO2. The van der Waals surface area contributed by atoms with Crippen molar-refractivity contribution in [1.82, 2.24) is 0 Å². The predicted octanol–water partition coefficient (Wildman–Crippen LogP) is 15.0. The van der Waals surface area contributed by atoms with Crippen molar-refractivity contribution in [3.8, 4) is 68.2 Å². The Morgan fingerprint density at radius 1 is 0.460 bits per heavy atom. The Balaban J connectivity index is 0.000000163. The van der Waals surface area contributed by atoms with Crippen LogP contribution < -0.4 is 43.6 Å². The van der Waals surface area contributed by atoms with E-state index < -0.39 is 29.5 Å². The Bertz CT molecular complexity index is 4360. The summed E-state index contributed by atoms with van der Waals surface area (Å²) in [4.78, 5) is 53.8. The number of ether oxygens (including phenoxy) is 8. The van der Waals surface area contributed by atoms with E-state index in [4.69, 9.17) is 53.8 Å². The molecule has 6 aliphatic heterocycles. The van der Waals surface area contributed by atoms with E-state index in [1.807, 2.05) is 60.7 Å². The Hall–Kier alpha value is -9.09. The highest BCUT2D eigenvalue weighted by atomic mass is 80.9. The van der Waals surface area contributed by atoms with Gasteiger partial charge in [0, 0.05) is 81.8 Å². The van der Waals surface area contributed by atoms with Crippen LogP contribution in [0.4, 0.5) is 0 Å². The van der Waals surface area contributed by atoms with Crippen molar-refractivity contribution in [2.75, 3.05) is 66.1 Å². The van der Waals surface area contributed by atoms with Crippen LogP contribution in [0, 0.1) is 19.3 Å². The first-order valence-electron chi connectivity index (χ1n) is 32.4. The first-order valence-corrected chi connectivity index (χ1v) is 36.9. The molecule has 0 aliphatic carbocycles. The van der Waals surface area contributed by atoms with Crippen molar-refractivity contribution in [3.05, 3.63) is 210 Å². The van der Waals surface area contributed by atoms with Gasteiger partial charge >= 0.3 is 11.9 Å². The van der Waals surface area contributed by atoms with Gasteiger partial charge in [-0.05, 0) is 202 Å². The van der Waals surface area contributed by atoms with Crippen LogP contribution >= 0.6 is 44.2 Å². The molecule has 100 heavy (non-hydrogen) atoms. The average molecular weight is 1550 g/mol. The van der Waals surface area contributed by atoms with Gasteiger partial charge in [-0.25, -0.2) is 0 Å². The number of hydrogen-bond acceptors (Lipinski definition) is 16. The summed E-state index contributed by atoms with van der Waals surface area (Å²) in [6.07, 6.45) is 15.3. The zero-order chi connectivity index (χ0) is 71.5. The van der Waals surface area contributed by atoms with Crippen LogP contribution in [0.25, 0.3) is 46.6 Å². The molecule has 6 aliphatic rings. The Morgan fingerprint density at radius 2 is 0.890 bits per heavy atom. The fourth-order valence-corrected chi connectivity index (χ4v) is 12.3. The third kappa shape index (κ3) is 18.7. The van der Waals surface area contributed by atoms with Gasteiger partial charge in [-0.15, -0.1) is 0 Å². The Morgan fingerprint density at radius 3 is 1.38 bits per heavy atom. The zero-order valence-electron chi connectivity index (χ0n) is 55.8. The van der Waals surface area contributed by atoms with Gasteiger partial charge < -0.3 is 64.1 Å². The van der Waals surface area contributed by atoms with Crippen molar-refractivity contribution in [2.24, 2.45) is 11.1 Å². The summed E-state index contributed by atoms with van der Waals surface area (Å²) in [5.41, 5.74) is 21.0. The largest absolute Gasteiger partial charge is 0.493 e. The first-order chi connectivity index (χ1) is 48.3. The van der Waals surface area contributed by atoms with Gasteiger partial charge in [0.1, 0.15) is 73.8 Å². The number of aryl methyl sites for hydroxylation is 1. The molecule has 0 spiro atoms. The number of aliphatic carboxylic acids is 2. The van der Waals surface area contributed by atoms with E-state index in [9.17, 15) is 34.2 Å². The molecule has 0 amide bonds. The quantitative estimate of drug-likeness (QED) is 0.0444. The summed E-state index contributed by atoms with van der Waals surface area (Å²) in [5, 5.41) is 35.5. The number of benzene rings is 8. The predicted molar refractivity (Wildman–Crippen MR) is 396 cm³/mol. The van der Waals surface area contributed by atoms with E-state index in [1.54, 1.807) is 19.1 Å². The third-order valence-corrected chi connectivity index (χ3v) is 18.2. The number of carboxylic acids is 2. The minimum Gasteiger partial charge on any atom is -0.493 e. The molecule has 8 aromatic carbocycles. The molecule has 18 nitrogen and oxygen atoms in total. The number of carbonyl (C=O) groups is 5. The molecule has 522 valence electrons. The van der Waals surface area contributed by atoms with Crippen LogP contribution in [0.1, 0.15) is 113 Å². The van der Waals surface area contributed by atoms with Gasteiger partial charge in [-0.2, -0.15) is 0 Å². The molecule has 0 aromatic heterocycles. The van der Waals surface area contributed by atoms with Crippen LogP contribution in [0.3, 0.4) is 0 Å². The molecule has 2 unspecified atom stereocenters. The van der Waals surface area contributed by atoms with Crippen LogP contribution in [0.5, 0.6) is 46.0 Å². The fourth-order valence-electron chi connectivity index (χ4n) is 11.7. The van der Waals surface area contributed by atoms with E-state index >= 15 is 0 Å². The van der Waals surface area contributed by atoms with E-state index in [0.29, 0.717) is 63.6 Å². The number of aldehydes is 3. The summed E-state index contributed by atoms with van der Waals surface area (Å²) >= 11 is 8.86. The highest BCUT2D eigenvalue weighted by Gasteiger charge is 2.32. The Labute approximate surface area is 604 Å². The highest BCUT2D eigenvalue weighted by molar-refractivity contribution is 9.93. The number of aliphatic hydroxyl groups excluding tert-OH is 2. The molecule has 6 N–H and O–H groups in total. The van der Waals surface area contributed by atoms with E-state index in [2.05, 4.69) is 137 Å². The summed E-state index contributed by atoms with van der Waals surface area (Å²) in [6.45, 7) is 11.2. The molecule has 0 fully saturated rings. The smallest absolute Gasteiger partial charge is 0.325 e. The van der Waals surface area contributed by atoms with Gasteiger partial charge in [-0.1, -0.05) is 78.9 Å². The normalized spacial score (nSPS) is 14.8. The molecule has 21 heteroatoms. The number of hydrogen-bond donors (Lipinski definition) is 5. The van der Waals surface area contributed by atoms with Gasteiger partial charge in [-0.3, -0.25) is 24.0 Å². The molecule has 0 radical (unpaired) electrons. The summed E-state index contributed by atoms with van der Waals surface area (Å²) in [7, 11) is 0. The second-order valence-corrected chi connectivity index (χ2v) is 25.6. The molecule has 6 heterocycles. The van der Waals surface area contributed by atoms with Crippen molar-refractivity contribution < 1.29 is 82.3 Å².